The molecule has 0 radical (unpaired) electrons. The van der Waals surface area contributed by atoms with Crippen LogP contribution in [0, 0.1) is 11.7 Å². The van der Waals surface area contributed by atoms with Gasteiger partial charge < -0.3 is 10.6 Å². The minimum absolute atomic E-state index is 0.0764. The van der Waals surface area contributed by atoms with E-state index in [1.165, 1.54) is 16.7 Å². The van der Waals surface area contributed by atoms with Crippen LogP contribution in [0.4, 0.5) is 4.39 Å². The molecule has 2 heterocycles. The number of H-pyrrole nitrogens is 1. The molecule has 1 aromatic carbocycles. The van der Waals surface area contributed by atoms with Gasteiger partial charge in [-0.3, -0.25) is 23.9 Å². The van der Waals surface area contributed by atoms with Crippen LogP contribution in [0.15, 0.2) is 39.9 Å². The summed E-state index contributed by atoms with van der Waals surface area (Å²) in [5.74, 6) is -0.773. The van der Waals surface area contributed by atoms with Gasteiger partial charge in [-0.2, -0.15) is 0 Å². The van der Waals surface area contributed by atoms with Crippen molar-refractivity contribution in [3.63, 3.8) is 0 Å². The lowest BCUT2D eigenvalue weighted by Gasteiger charge is -2.15. The van der Waals surface area contributed by atoms with E-state index < -0.39 is 17.2 Å². The number of rotatable bonds is 9. The molecule has 2 aromatic heterocycles. The van der Waals surface area contributed by atoms with Gasteiger partial charge in [0.1, 0.15) is 5.82 Å². The molecule has 4 rings (SSSR count). The van der Waals surface area contributed by atoms with E-state index in [4.69, 9.17) is 0 Å². The predicted octanol–water partition coefficient (Wildman–Crippen LogP) is 1.85. The Morgan fingerprint density at radius 2 is 1.83 bits per heavy atom. The van der Waals surface area contributed by atoms with E-state index in [1.54, 1.807) is 18.2 Å². The van der Waals surface area contributed by atoms with Crippen LogP contribution in [0.5, 0.6) is 0 Å². The second kappa shape index (κ2) is 10.2. The number of aromatic amines is 1. The molecule has 0 atom stereocenters. The maximum Gasteiger partial charge on any atom is 0.330 e. The molecule has 184 valence electrons. The summed E-state index contributed by atoms with van der Waals surface area (Å²) in [6.07, 6.45) is 1.98. The molecule has 0 bridgehead atoms. The lowest BCUT2D eigenvalue weighted by molar-refractivity contribution is -0.120. The van der Waals surface area contributed by atoms with Crippen molar-refractivity contribution in [2.45, 2.75) is 45.6 Å². The number of carbonyl (C=O) groups is 2. The van der Waals surface area contributed by atoms with Gasteiger partial charge >= 0.3 is 5.69 Å². The fourth-order valence-electron chi connectivity index (χ4n) is 3.92. The highest BCUT2D eigenvalue weighted by Gasteiger charge is 2.28. The first kappa shape index (κ1) is 24.3. The Hall–Kier alpha value is -3.82. The molecule has 35 heavy (non-hydrogen) atoms. The normalized spacial score (nSPS) is 13.3. The number of pyridine rings is 1. The van der Waals surface area contributed by atoms with E-state index in [0.717, 1.165) is 12.8 Å². The molecule has 0 unspecified atom stereocenters. The third kappa shape index (κ3) is 5.82. The summed E-state index contributed by atoms with van der Waals surface area (Å²) in [5, 5.41) is 5.52. The molecule has 1 aliphatic carbocycles. The van der Waals surface area contributed by atoms with Crippen LogP contribution in [-0.4, -0.2) is 39.4 Å². The molecule has 3 N–H and O–H groups in total. The largest absolute Gasteiger partial charge is 0.354 e. The first-order valence-electron chi connectivity index (χ1n) is 11.7. The predicted molar refractivity (Wildman–Crippen MR) is 129 cm³/mol. The number of nitrogens with zero attached hydrogens (tertiary/aromatic N) is 2. The van der Waals surface area contributed by atoms with Gasteiger partial charge in [0, 0.05) is 31.2 Å². The van der Waals surface area contributed by atoms with Crippen molar-refractivity contribution in [3.05, 3.63) is 73.8 Å². The zero-order chi connectivity index (χ0) is 25.1. The molecule has 0 aliphatic heterocycles. The van der Waals surface area contributed by atoms with Crippen molar-refractivity contribution in [2.24, 2.45) is 5.92 Å². The molecule has 3 aromatic rings. The maximum atomic E-state index is 13.1. The van der Waals surface area contributed by atoms with Gasteiger partial charge in [-0.15, -0.1) is 0 Å². The Morgan fingerprint density at radius 1 is 1.14 bits per heavy atom. The third-order valence-electron chi connectivity index (χ3n) is 5.77. The molecule has 1 saturated carbocycles. The molecule has 9 nitrogen and oxygen atoms in total. The van der Waals surface area contributed by atoms with E-state index in [0.29, 0.717) is 17.8 Å². The molecule has 1 fully saturated rings. The van der Waals surface area contributed by atoms with Crippen LogP contribution in [0.25, 0.3) is 11.0 Å². The van der Waals surface area contributed by atoms with E-state index in [2.05, 4.69) is 20.6 Å². The summed E-state index contributed by atoms with van der Waals surface area (Å²) in [5.41, 5.74) is 0.542. The van der Waals surface area contributed by atoms with Crippen molar-refractivity contribution in [3.8, 4) is 0 Å². The summed E-state index contributed by atoms with van der Waals surface area (Å²) < 4.78 is 14.4. The van der Waals surface area contributed by atoms with Crippen molar-refractivity contribution in [1.29, 1.82) is 0 Å². The number of amides is 2. The number of carbonyl (C=O) groups excluding carboxylic acids is 2. The van der Waals surface area contributed by atoms with Gasteiger partial charge in [0.05, 0.1) is 17.4 Å². The number of halogens is 1. The lowest BCUT2D eigenvalue weighted by Crippen LogP contribution is -2.37. The van der Waals surface area contributed by atoms with Gasteiger partial charge in [-0.1, -0.05) is 26.0 Å². The van der Waals surface area contributed by atoms with Gasteiger partial charge in [0.2, 0.25) is 5.91 Å². The number of benzene rings is 1. The number of aromatic nitrogens is 3. The standard InChI is InChI=1S/C25H28FN5O4/c1-14(2)13-31-22-21(24(34)30-25(31)35)18(12-19(29-22)16-5-6-16)23(33)28-10-9-27-20(32)11-15-3-7-17(26)8-4-15/h3-4,7-8,12,14,16H,5-6,9-11,13H2,1-2H3,(H,27,32)(H,28,33)(H,30,34,35). The van der Waals surface area contributed by atoms with Crippen LogP contribution in [-0.2, 0) is 17.8 Å². The average Bonchev–Trinajstić information content (AvgIpc) is 3.65. The highest BCUT2D eigenvalue weighted by Crippen LogP contribution is 2.39. The quantitative estimate of drug-likeness (QED) is 0.402. The number of fused-ring (bicyclic) bond motifs is 1. The Balaban J connectivity index is 1.50. The molecule has 2 amide bonds. The summed E-state index contributed by atoms with van der Waals surface area (Å²) in [7, 11) is 0. The minimum atomic E-state index is -0.655. The average molecular weight is 482 g/mol. The number of nitrogens with one attached hydrogen (secondary N) is 3. The van der Waals surface area contributed by atoms with E-state index in [9.17, 15) is 23.6 Å². The van der Waals surface area contributed by atoms with Crippen molar-refractivity contribution < 1.29 is 14.0 Å². The van der Waals surface area contributed by atoms with Crippen LogP contribution in [0.1, 0.15) is 54.2 Å². The maximum absolute atomic E-state index is 13.1. The van der Waals surface area contributed by atoms with E-state index in [-0.39, 0.29) is 59.7 Å². The summed E-state index contributed by atoms with van der Waals surface area (Å²) in [6, 6.07) is 7.29. The van der Waals surface area contributed by atoms with Crippen molar-refractivity contribution in [1.82, 2.24) is 25.2 Å². The van der Waals surface area contributed by atoms with E-state index in [1.807, 2.05) is 13.8 Å². The SMILES string of the molecule is CC(C)Cn1c(=O)[nH]c(=O)c2c(C(=O)NCCNC(=O)Cc3ccc(F)cc3)cc(C3CC3)nc21. The fraction of sp³-hybridized carbons (Fsp3) is 0.400. The molecule has 1 aliphatic rings. The number of hydrogen-bond donors (Lipinski definition) is 3. The third-order valence-corrected chi connectivity index (χ3v) is 5.77. The summed E-state index contributed by atoms with van der Waals surface area (Å²) in [4.78, 5) is 57.3. The highest BCUT2D eigenvalue weighted by atomic mass is 19.1. The van der Waals surface area contributed by atoms with Crippen LogP contribution < -0.4 is 21.9 Å². The van der Waals surface area contributed by atoms with Crippen LogP contribution in [0.3, 0.4) is 0 Å². The van der Waals surface area contributed by atoms with Crippen LogP contribution >= 0.6 is 0 Å². The Kier molecular flexibility index (Phi) is 7.09. The second-order valence-electron chi connectivity index (χ2n) is 9.24. The van der Waals surface area contributed by atoms with Crippen molar-refractivity contribution in [2.75, 3.05) is 13.1 Å². The second-order valence-corrected chi connectivity index (χ2v) is 9.24. The van der Waals surface area contributed by atoms with Gasteiger partial charge in [-0.05, 0) is 42.5 Å². The molecule has 10 heteroatoms. The Morgan fingerprint density at radius 3 is 2.49 bits per heavy atom. The molecule has 0 spiro atoms. The first-order chi connectivity index (χ1) is 16.7. The van der Waals surface area contributed by atoms with Gasteiger partial charge in [0.15, 0.2) is 5.65 Å². The van der Waals surface area contributed by atoms with Crippen LogP contribution in [0.2, 0.25) is 0 Å². The van der Waals surface area contributed by atoms with Gasteiger partial charge in [0.25, 0.3) is 11.5 Å². The smallest absolute Gasteiger partial charge is 0.330 e. The monoisotopic (exact) mass is 481 g/mol. The molecular weight excluding hydrogens is 453 g/mol. The van der Waals surface area contributed by atoms with E-state index >= 15 is 0 Å². The summed E-state index contributed by atoms with van der Waals surface area (Å²) >= 11 is 0. The van der Waals surface area contributed by atoms with Crippen molar-refractivity contribution >= 4 is 22.8 Å². The zero-order valence-corrected chi connectivity index (χ0v) is 19.7. The lowest BCUT2D eigenvalue weighted by atomic mass is 10.1. The Bertz CT molecular complexity index is 1370. The Labute approximate surface area is 200 Å². The first-order valence-corrected chi connectivity index (χ1v) is 11.7. The zero-order valence-electron chi connectivity index (χ0n) is 19.7. The molecule has 0 saturated heterocycles. The topological polar surface area (TPSA) is 126 Å². The van der Waals surface area contributed by atoms with Gasteiger partial charge in [-0.25, -0.2) is 14.2 Å². The highest BCUT2D eigenvalue weighted by molar-refractivity contribution is 6.05. The molecular formula is C25H28FN5O4. The fourth-order valence-corrected chi connectivity index (χ4v) is 3.92. The minimum Gasteiger partial charge on any atom is -0.354 e. The summed E-state index contributed by atoms with van der Waals surface area (Å²) in [6.45, 7) is 4.57. The number of hydrogen-bond acceptors (Lipinski definition) is 5.